The zero-order valence-corrected chi connectivity index (χ0v) is 11.7. The van der Waals surface area contributed by atoms with Crippen LogP contribution in [0.3, 0.4) is 0 Å². The smallest absolute Gasteiger partial charge is 0.141 e. The Morgan fingerprint density at radius 1 is 1.29 bits per heavy atom. The molecular formula is C14H18FNSi. The first-order chi connectivity index (χ1) is 8.24. The molecule has 1 aromatic rings. The van der Waals surface area contributed by atoms with Crippen LogP contribution in [0, 0.1) is 17.1 Å². The topological polar surface area (TPSA) is 23.8 Å². The van der Waals surface area contributed by atoms with E-state index >= 15 is 0 Å². The molecule has 0 aromatic heterocycles. The van der Waals surface area contributed by atoms with Crippen molar-refractivity contribution in [2.45, 2.75) is 43.7 Å². The summed E-state index contributed by atoms with van der Waals surface area (Å²) < 4.78 is 13.5. The lowest BCUT2D eigenvalue weighted by Gasteiger charge is -2.28. The standard InChI is InChI=1S/C14H18FNSi/c1-17-13-6-4-10(5-7-13)11-2-3-12(9-16)14(15)8-11/h2-3,8,10,13H,4-7,17H2,1H3. The summed E-state index contributed by atoms with van der Waals surface area (Å²) in [6, 6.07) is 6.98. The number of hydrogen-bond acceptors (Lipinski definition) is 1. The zero-order chi connectivity index (χ0) is 12.3. The van der Waals surface area contributed by atoms with Crippen LogP contribution in [0.1, 0.15) is 42.7 Å². The van der Waals surface area contributed by atoms with Crippen LogP contribution in [-0.2, 0) is 0 Å². The fourth-order valence-corrected chi connectivity index (χ4v) is 4.07. The molecule has 1 saturated carbocycles. The number of halogens is 1. The van der Waals surface area contributed by atoms with Crippen LogP contribution in [-0.4, -0.2) is 9.52 Å². The van der Waals surface area contributed by atoms with Crippen LogP contribution in [0.5, 0.6) is 0 Å². The number of hydrogen-bond donors (Lipinski definition) is 0. The minimum Gasteiger partial charge on any atom is -0.206 e. The summed E-state index contributed by atoms with van der Waals surface area (Å²) in [7, 11) is 0.131. The molecule has 3 heteroatoms. The molecule has 0 unspecified atom stereocenters. The van der Waals surface area contributed by atoms with E-state index in [-0.39, 0.29) is 20.9 Å². The van der Waals surface area contributed by atoms with Crippen molar-refractivity contribution in [3.63, 3.8) is 0 Å². The monoisotopic (exact) mass is 247 g/mol. The zero-order valence-electron chi connectivity index (χ0n) is 10.2. The minimum atomic E-state index is -0.364. The molecule has 0 bridgehead atoms. The molecule has 17 heavy (non-hydrogen) atoms. The second-order valence-electron chi connectivity index (χ2n) is 4.98. The molecule has 0 amide bonds. The van der Waals surface area contributed by atoms with Crippen molar-refractivity contribution in [2.75, 3.05) is 0 Å². The van der Waals surface area contributed by atoms with Crippen molar-refractivity contribution in [3.05, 3.63) is 35.1 Å². The lowest BCUT2D eigenvalue weighted by molar-refractivity contribution is 0.440. The number of rotatable bonds is 2. The Hall–Kier alpha value is -1.14. The molecule has 90 valence electrons. The summed E-state index contributed by atoms with van der Waals surface area (Å²) in [5, 5.41) is 8.70. The first-order valence-corrected chi connectivity index (χ1v) is 8.67. The summed E-state index contributed by atoms with van der Waals surface area (Å²) >= 11 is 0. The Kier molecular flexibility index (Phi) is 3.96. The summed E-state index contributed by atoms with van der Waals surface area (Å²) in [6.45, 7) is 2.38. The van der Waals surface area contributed by atoms with E-state index in [0.29, 0.717) is 5.92 Å². The molecule has 2 rings (SSSR count). The van der Waals surface area contributed by atoms with Crippen LogP contribution in [0.15, 0.2) is 18.2 Å². The summed E-state index contributed by atoms with van der Waals surface area (Å²) in [5.74, 6) is 0.144. The van der Waals surface area contributed by atoms with Crippen molar-refractivity contribution in [1.29, 1.82) is 5.26 Å². The van der Waals surface area contributed by atoms with Gasteiger partial charge in [-0.25, -0.2) is 4.39 Å². The van der Waals surface area contributed by atoms with Crippen LogP contribution < -0.4 is 0 Å². The molecule has 1 nitrogen and oxygen atoms in total. The van der Waals surface area contributed by atoms with Crippen LogP contribution >= 0.6 is 0 Å². The molecule has 0 heterocycles. The van der Waals surface area contributed by atoms with Crippen molar-refractivity contribution in [2.24, 2.45) is 0 Å². The maximum absolute atomic E-state index is 13.5. The average Bonchev–Trinajstić information content (AvgIpc) is 2.39. The van der Waals surface area contributed by atoms with Gasteiger partial charge in [0.2, 0.25) is 0 Å². The molecule has 0 radical (unpaired) electrons. The number of nitriles is 1. The highest BCUT2D eigenvalue weighted by atomic mass is 28.2. The van der Waals surface area contributed by atoms with Gasteiger partial charge in [0.1, 0.15) is 11.9 Å². The second kappa shape index (κ2) is 5.46. The maximum atomic E-state index is 13.5. The van der Waals surface area contributed by atoms with E-state index in [4.69, 9.17) is 5.26 Å². The van der Waals surface area contributed by atoms with E-state index in [1.165, 1.54) is 25.7 Å². The van der Waals surface area contributed by atoms with E-state index in [1.807, 2.05) is 12.1 Å². The van der Waals surface area contributed by atoms with Crippen molar-refractivity contribution >= 4 is 9.52 Å². The third kappa shape index (κ3) is 2.75. The third-order valence-electron chi connectivity index (χ3n) is 4.01. The predicted octanol–water partition coefficient (Wildman–Crippen LogP) is 3.36. The van der Waals surface area contributed by atoms with Crippen molar-refractivity contribution < 1.29 is 4.39 Å². The molecule has 1 aromatic carbocycles. The van der Waals surface area contributed by atoms with Gasteiger partial charge in [0.05, 0.1) is 5.56 Å². The summed E-state index contributed by atoms with van der Waals surface area (Å²) in [6.07, 6.45) is 5.01. The number of benzene rings is 1. The van der Waals surface area contributed by atoms with Gasteiger partial charge in [-0.15, -0.1) is 0 Å². The van der Waals surface area contributed by atoms with E-state index in [1.54, 1.807) is 12.1 Å². The van der Waals surface area contributed by atoms with E-state index in [2.05, 4.69) is 6.55 Å². The Bertz CT molecular complexity index is 430. The average molecular weight is 247 g/mol. The lowest BCUT2D eigenvalue weighted by atomic mass is 9.83. The van der Waals surface area contributed by atoms with Gasteiger partial charge in [0.15, 0.2) is 0 Å². The van der Waals surface area contributed by atoms with Gasteiger partial charge >= 0.3 is 0 Å². The lowest BCUT2D eigenvalue weighted by Crippen LogP contribution is -2.12. The van der Waals surface area contributed by atoms with E-state index in [9.17, 15) is 4.39 Å². The summed E-state index contributed by atoms with van der Waals surface area (Å²) in [4.78, 5) is 0. The predicted molar refractivity (Wildman–Crippen MR) is 70.5 cm³/mol. The second-order valence-corrected chi connectivity index (χ2v) is 6.95. The SMILES string of the molecule is C[SiH2]C1CCC(c2ccc(C#N)c(F)c2)CC1. The van der Waals surface area contributed by atoms with Gasteiger partial charge in [0, 0.05) is 9.52 Å². The molecule has 0 saturated heterocycles. The molecule has 1 fully saturated rings. The fraction of sp³-hybridized carbons (Fsp3) is 0.500. The Labute approximate surface area is 104 Å². The quantitative estimate of drug-likeness (QED) is 0.735. The summed E-state index contributed by atoms with van der Waals surface area (Å²) in [5.41, 5.74) is 2.23. The highest BCUT2D eigenvalue weighted by Gasteiger charge is 2.21. The Morgan fingerprint density at radius 3 is 2.53 bits per heavy atom. The Balaban J connectivity index is 2.09. The first kappa shape index (κ1) is 12.3. The highest BCUT2D eigenvalue weighted by molar-refractivity contribution is 6.35. The normalized spacial score (nSPS) is 25.0. The molecule has 0 atom stereocenters. The molecule has 0 N–H and O–H groups in total. The van der Waals surface area contributed by atoms with Crippen LogP contribution in [0.4, 0.5) is 4.39 Å². The minimum absolute atomic E-state index is 0.131. The molecule has 0 aliphatic heterocycles. The van der Waals surface area contributed by atoms with Crippen molar-refractivity contribution in [3.8, 4) is 6.07 Å². The molecular weight excluding hydrogens is 229 g/mol. The molecule has 1 aliphatic carbocycles. The first-order valence-electron chi connectivity index (χ1n) is 6.44. The highest BCUT2D eigenvalue weighted by Crippen LogP contribution is 2.38. The van der Waals surface area contributed by atoms with Crippen LogP contribution in [0.2, 0.25) is 12.1 Å². The largest absolute Gasteiger partial charge is 0.206 e. The molecule has 1 aliphatic rings. The fourth-order valence-electron chi connectivity index (χ4n) is 2.78. The maximum Gasteiger partial charge on any atom is 0.141 e. The van der Waals surface area contributed by atoms with Gasteiger partial charge in [-0.3, -0.25) is 0 Å². The van der Waals surface area contributed by atoms with Gasteiger partial charge in [-0.2, -0.15) is 5.26 Å². The third-order valence-corrected chi connectivity index (χ3v) is 5.98. The van der Waals surface area contributed by atoms with Gasteiger partial charge in [-0.05, 0) is 36.5 Å². The molecule has 0 spiro atoms. The van der Waals surface area contributed by atoms with E-state index in [0.717, 1.165) is 11.1 Å². The number of nitrogens with zero attached hydrogens (tertiary/aromatic N) is 1. The van der Waals surface area contributed by atoms with Crippen molar-refractivity contribution in [1.82, 2.24) is 0 Å². The van der Waals surface area contributed by atoms with Gasteiger partial charge < -0.3 is 0 Å². The van der Waals surface area contributed by atoms with Crippen LogP contribution in [0.25, 0.3) is 0 Å². The van der Waals surface area contributed by atoms with Gasteiger partial charge in [0.25, 0.3) is 0 Å². The van der Waals surface area contributed by atoms with Gasteiger partial charge in [-0.1, -0.05) is 31.0 Å². The van der Waals surface area contributed by atoms with E-state index < -0.39 is 0 Å². The Morgan fingerprint density at radius 2 is 2.00 bits per heavy atom.